The maximum absolute atomic E-state index is 11.5. The zero-order valence-corrected chi connectivity index (χ0v) is 10.4. The van der Waals surface area contributed by atoms with Crippen LogP contribution in [0.5, 0.6) is 0 Å². The van der Waals surface area contributed by atoms with Crippen LogP contribution < -0.4 is 11.1 Å². The minimum atomic E-state index is -1.01. The van der Waals surface area contributed by atoms with Gasteiger partial charge in [-0.15, -0.1) is 0 Å². The standard InChI is InChI=1S/C11H22N2O3/c1-6(2)8(12)5-9(14)13-10(7(3)4)11(15)16/h6-8,10H,5,12H2,1-4H3,(H,13,14)(H,15,16). The van der Waals surface area contributed by atoms with Crippen molar-refractivity contribution in [2.24, 2.45) is 17.6 Å². The lowest BCUT2D eigenvalue weighted by atomic mass is 10.0. The predicted molar refractivity (Wildman–Crippen MR) is 61.8 cm³/mol. The number of nitrogens with two attached hydrogens (primary N) is 1. The van der Waals surface area contributed by atoms with Crippen molar-refractivity contribution in [3.8, 4) is 0 Å². The van der Waals surface area contributed by atoms with Crippen molar-refractivity contribution in [1.29, 1.82) is 0 Å². The smallest absolute Gasteiger partial charge is 0.326 e. The second kappa shape index (κ2) is 6.48. The molecule has 0 aromatic carbocycles. The second-order valence-electron chi connectivity index (χ2n) is 4.74. The molecule has 0 aromatic rings. The molecule has 16 heavy (non-hydrogen) atoms. The summed E-state index contributed by atoms with van der Waals surface area (Å²) in [5.41, 5.74) is 5.74. The van der Waals surface area contributed by atoms with E-state index in [9.17, 15) is 9.59 Å². The molecule has 4 N–H and O–H groups in total. The molecular weight excluding hydrogens is 208 g/mol. The highest BCUT2D eigenvalue weighted by atomic mass is 16.4. The molecule has 0 bridgehead atoms. The Bertz CT molecular complexity index is 252. The third-order valence-electron chi connectivity index (χ3n) is 2.53. The second-order valence-corrected chi connectivity index (χ2v) is 4.74. The van der Waals surface area contributed by atoms with E-state index in [1.54, 1.807) is 13.8 Å². The molecule has 0 aromatic heterocycles. The number of carbonyl (C=O) groups excluding carboxylic acids is 1. The average Bonchev–Trinajstić information content (AvgIpc) is 2.12. The van der Waals surface area contributed by atoms with Crippen LogP contribution in [0.3, 0.4) is 0 Å². The summed E-state index contributed by atoms with van der Waals surface area (Å²) in [6.45, 7) is 7.35. The van der Waals surface area contributed by atoms with E-state index in [1.165, 1.54) is 0 Å². The Hall–Kier alpha value is -1.10. The van der Waals surface area contributed by atoms with E-state index < -0.39 is 12.0 Å². The fraction of sp³-hybridized carbons (Fsp3) is 0.818. The summed E-state index contributed by atoms with van der Waals surface area (Å²) < 4.78 is 0. The van der Waals surface area contributed by atoms with Crippen molar-refractivity contribution in [3.05, 3.63) is 0 Å². The zero-order chi connectivity index (χ0) is 12.9. The van der Waals surface area contributed by atoms with Crippen LogP contribution in [0.1, 0.15) is 34.1 Å². The Balaban J connectivity index is 4.26. The first-order chi connectivity index (χ1) is 7.25. The Morgan fingerprint density at radius 3 is 2.00 bits per heavy atom. The molecule has 2 unspecified atom stereocenters. The minimum Gasteiger partial charge on any atom is -0.480 e. The lowest BCUT2D eigenvalue weighted by Crippen LogP contribution is -2.46. The van der Waals surface area contributed by atoms with Crippen molar-refractivity contribution >= 4 is 11.9 Å². The van der Waals surface area contributed by atoms with Crippen LogP contribution >= 0.6 is 0 Å². The Labute approximate surface area is 96.4 Å². The summed E-state index contributed by atoms with van der Waals surface area (Å²) in [7, 11) is 0. The summed E-state index contributed by atoms with van der Waals surface area (Å²) in [5, 5.41) is 11.4. The van der Waals surface area contributed by atoms with Gasteiger partial charge in [-0.25, -0.2) is 4.79 Å². The van der Waals surface area contributed by atoms with Gasteiger partial charge in [0.1, 0.15) is 6.04 Å². The summed E-state index contributed by atoms with van der Waals surface area (Å²) in [6.07, 6.45) is 0.161. The molecule has 0 aliphatic heterocycles. The summed E-state index contributed by atoms with van der Waals surface area (Å²) in [5.74, 6) is -1.26. The summed E-state index contributed by atoms with van der Waals surface area (Å²) in [4.78, 5) is 22.4. The number of hydrogen-bond acceptors (Lipinski definition) is 3. The van der Waals surface area contributed by atoms with E-state index in [0.717, 1.165) is 0 Å². The number of rotatable bonds is 6. The van der Waals surface area contributed by atoms with Gasteiger partial charge < -0.3 is 16.2 Å². The maximum Gasteiger partial charge on any atom is 0.326 e. The fourth-order valence-corrected chi connectivity index (χ4v) is 1.20. The van der Waals surface area contributed by atoms with Crippen molar-refractivity contribution in [3.63, 3.8) is 0 Å². The van der Waals surface area contributed by atoms with Crippen molar-refractivity contribution in [2.45, 2.75) is 46.2 Å². The molecule has 0 aliphatic rings. The van der Waals surface area contributed by atoms with Crippen molar-refractivity contribution in [1.82, 2.24) is 5.32 Å². The Morgan fingerprint density at radius 2 is 1.69 bits per heavy atom. The first kappa shape index (κ1) is 14.9. The molecule has 2 atom stereocenters. The molecule has 0 rings (SSSR count). The van der Waals surface area contributed by atoms with E-state index in [-0.39, 0.29) is 30.2 Å². The van der Waals surface area contributed by atoms with Gasteiger partial charge in [0.05, 0.1) is 0 Å². The van der Waals surface area contributed by atoms with Crippen LogP contribution in [0.15, 0.2) is 0 Å². The highest BCUT2D eigenvalue weighted by Gasteiger charge is 2.24. The number of amides is 1. The lowest BCUT2D eigenvalue weighted by Gasteiger charge is -2.20. The molecule has 0 heterocycles. The third kappa shape index (κ3) is 5.11. The minimum absolute atomic E-state index is 0.142. The highest BCUT2D eigenvalue weighted by Crippen LogP contribution is 2.05. The quantitative estimate of drug-likeness (QED) is 0.622. The zero-order valence-electron chi connectivity index (χ0n) is 10.4. The van der Waals surface area contributed by atoms with Gasteiger partial charge in [-0.05, 0) is 11.8 Å². The van der Waals surface area contributed by atoms with Crippen LogP contribution in [-0.2, 0) is 9.59 Å². The number of carbonyl (C=O) groups is 2. The van der Waals surface area contributed by atoms with Gasteiger partial charge in [0.15, 0.2) is 0 Å². The van der Waals surface area contributed by atoms with Gasteiger partial charge in [0.2, 0.25) is 5.91 Å². The van der Waals surface area contributed by atoms with Crippen LogP contribution in [0.4, 0.5) is 0 Å². The SMILES string of the molecule is CC(C)C(N)CC(=O)NC(C(=O)O)C(C)C. The summed E-state index contributed by atoms with van der Waals surface area (Å²) in [6, 6.07) is -1.08. The molecule has 1 amide bonds. The van der Waals surface area contributed by atoms with Gasteiger partial charge >= 0.3 is 5.97 Å². The molecule has 0 saturated carbocycles. The van der Waals surface area contributed by atoms with Gasteiger partial charge in [-0.2, -0.15) is 0 Å². The van der Waals surface area contributed by atoms with Crippen molar-refractivity contribution in [2.75, 3.05) is 0 Å². The number of carboxylic acids is 1. The van der Waals surface area contributed by atoms with E-state index >= 15 is 0 Å². The van der Waals surface area contributed by atoms with E-state index in [0.29, 0.717) is 0 Å². The monoisotopic (exact) mass is 230 g/mol. The molecule has 5 nitrogen and oxygen atoms in total. The van der Waals surface area contributed by atoms with Crippen LogP contribution in [0.2, 0.25) is 0 Å². The number of hydrogen-bond donors (Lipinski definition) is 3. The molecule has 0 fully saturated rings. The Kier molecular flexibility index (Phi) is 6.03. The average molecular weight is 230 g/mol. The first-order valence-electron chi connectivity index (χ1n) is 5.53. The van der Waals surface area contributed by atoms with Gasteiger partial charge in [0, 0.05) is 12.5 Å². The van der Waals surface area contributed by atoms with Crippen LogP contribution in [0, 0.1) is 11.8 Å². The molecule has 0 aliphatic carbocycles. The highest BCUT2D eigenvalue weighted by molar-refractivity contribution is 5.83. The number of carboxylic acid groups (broad SMARTS) is 1. The molecule has 94 valence electrons. The van der Waals surface area contributed by atoms with Gasteiger partial charge in [-0.3, -0.25) is 4.79 Å². The predicted octanol–water partition coefficient (Wildman–Crippen LogP) is 0.585. The maximum atomic E-state index is 11.5. The fourth-order valence-electron chi connectivity index (χ4n) is 1.20. The van der Waals surface area contributed by atoms with Gasteiger partial charge in [0.25, 0.3) is 0 Å². The van der Waals surface area contributed by atoms with Crippen molar-refractivity contribution < 1.29 is 14.7 Å². The number of aliphatic carboxylic acids is 1. The molecule has 0 saturated heterocycles. The van der Waals surface area contributed by atoms with E-state index in [1.807, 2.05) is 13.8 Å². The lowest BCUT2D eigenvalue weighted by molar-refractivity contribution is -0.143. The van der Waals surface area contributed by atoms with Gasteiger partial charge in [-0.1, -0.05) is 27.7 Å². The first-order valence-corrected chi connectivity index (χ1v) is 5.53. The topological polar surface area (TPSA) is 92.4 Å². The summed E-state index contributed by atoms with van der Waals surface area (Å²) >= 11 is 0. The van der Waals surface area contributed by atoms with Crippen LogP contribution in [-0.4, -0.2) is 29.1 Å². The Morgan fingerprint density at radius 1 is 1.19 bits per heavy atom. The molecule has 0 radical (unpaired) electrons. The third-order valence-corrected chi connectivity index (χ3v) is 2.53. The van der Waals surface area contributed by atoms with E-state index in [2.05, 4.69) is 5.32 Å². The normalized spacial score (nSPS) is 14.9. The van der Waals surface area contributed by atoms with Crippen LogP contribution in [0.25, 0.3) is 0 Å². The largest absolute Gasteiger partial charge is 0.480 e. The molecule has 0 spiro atoms. The van der Waals surface area contributed by atoms with E-state index in [4.69, 9.17) is 10.8 Å². The molecule has 5 heteroatoms. The molecular formula is C11H22N2O3. The number of nitrogens with one attached hydrogen (secondary N) is 1.